The molecule has 0 bridgehead atoms. The molecule has 0 aliphatic carbocycles. The number of rotatable bonds is 10. The van der Waals surface area contributed by atoms with Crippen LogP contribution in [-0.2, 0) is 4.74 Å². The summed E-state index contributed by atoms with van der Waals surface area (Å²) in [5.74, 6) is 1.23. The molecule has 0 fully saturated rings. The second-order valence-electron chi connectivity index (χ2n) is 3.96. The topological polar surface area (TPSA) is 56.3 Å². The Bertz CT molecular complexity index is 321. The Morgan fingerprint density at radius 1 is 1.17 bits per heavy atom. The third-order valence-corrected chi connectivity index (χ3v) is 2.18. The summed E-state index contributed by atoms with van der Waals surface area (Å²) in [6.45, 7) is 7.26. The van der Waals surface area contributed by atoms with Gasteiger partial charge in [-0.05, 0) is 19.3 Å². The molecule has 0 amide bonds. The van der Waals surface area contributed by atoms with Gasteiger partial charge in [-0.15, -0.1) is 0 Å². The van der Waals surface area contributed by atoms with Crippen molar-refractivity contribution in [2.75, 3.05) is 31.7 Å². The Kier molecular flexibility index (Phi) is 7.88. The molecule has 1 aromatic rings. The summed E-state index contributed by atoms with van der Waals surface area (Å²) in [5, 5.41) is 3.16. The van der Waals surface area contributed by atoms with Crippen LogP contribution in [-0.4, -0.2) is 36.3 Å². The molecule has 0 aliphatic rings. The van der Waals surface area contributed by atoms with E-state index in [0.29, 0.717) is 18.4 Å². The normalized spacial score (nSPS) is 10.3. The van der Waals surface area contributed by atoms with E-state index in [-0.39, 0.29) is 0 Å². The maximum absolute atomic E-state index is 5.44. The molecule has 5 nitrogen and oxygen atoms in total. The van der Waals surface area contributed by atoms with E-state index in [4.69, 9.17) is 9.47 Å². The molecular weight excluding hydrogens is 230 g/mol. The van der Waals surface area contributed by atoms with E-state index in [9.17, 15) is 0 Å². The quantitative estimate of drug-likeness (QED) is 0.649. The molecule has 5 heteroatoms. The van der Waals surface area contributed by atoms with Crippen molar-refractivity contribution in [2.24, 2.45) is 0 Å². The third kappa shape index (κ3) is 6.39. The fourth-order valence-corrected chi connectivity index (χ4v) is 1.34. The summed E-state index contributed by atoms with van der Waals surface area (Å²) in [6, 6.07) is 1.77. The van der Waals surface area contributed by atoms with Gasteiger partial charge in [0.05, 0.1) is 6.61 Å². The average Bonchev–Trinajstić information content (AvgIpc) is 2.41. The van der Waals surface area contributed by atoms with Gasteiger partial charge in [0.2, 0.25) is 11.8 Å². The largest absolute Gasteiger partial charge is 0.478 e. The highest BCUT2D eigenvalue weighted by Crippen LogP contribution is 2.08. The summed E-state index contributed by atoms with van der Waals surface area (Å²) in [5.41, 5.74) is 0. The lowest BCUT2D eigenvalue weighted by Crippen LogP contribution is -2.09. The molecule has 0 unspecified atom stereocenters. The number of ether oxygens (including phenoxy) is 2. The molecule has 1 rings (SSSR count). The van der Waals surface area contributed by atoms with Crippen LogP contribution < -0.4 is 10.1 Å². The van der Waals surface area contributed by atoms with Crippen LogP contribution >= 0.6 is 0 Å². The van der Waals surface area contributed by atoms with Crippen molar-refractivity contribution in [1.82, 2.24) is 9.97 Å². The van der Waals surface area contributed by atoms with Crippen LogP contribution in [0.5, 0.6) is 5.88 Å². The summed E-state index contributed by atoms with van der Waals surface area (Å²) in [4.78, 5) is 8.40. The predicted molar refractivity (Wildman–Crippen MR) is 72.0 cm³/mol. The minimum atomic E-state index is 0.610. The number of hydrogen-bond acceptors (Lipinski definition) is 5. The molecule has 0 saturated heterocycles. The number of nitrogens with one attached hydrogen (secondary N) is 1. The zero-order valence-electron chi connectivity index (χ0n) is 11.3. The van der Waals surface area contributed by atoms with Gasteiger partial charge >= 0.3 is 0 Å². The van der Waals surface area contributed by atoms with Crippen molar-refractivity contribution in [3.63, 3.8) is 0 Å². The fraction of sp³-hybridized carbons (Fsp3) is 0.692. The van der Waals surface area contributed by atoms with Crippen LogP contribution in [0.3, 0.4) is 0 Å². The highest BCUT2D eigenvalue weighted by molar-refractivity contribution is 5.27. The van der Waals surface area contributed by atoms with Crippen LogP contribution in [0.4, 0.5) is 5.95 Å². The highest BCUT2D eigenvalue weighted by atomic mass is 16.5. The second kappa shape index (κ2) is 9.65. The van der Waals surface area contributed by atoms with E-state index < -0.39 is 0 Å². The first-order chi connectivity index (χ1) is 8.86. The molecule has 1 N–H and O–H groups in total. The van der Waals surface area contributed by atoms with Gasteiger partial charge in [-0.1, -0.05) is 13.8 Å². The number of hydrogen-bond donors (Lipinski definition) is 1. The number of nitrogens with zero attached hydrogens (tertiary/aromatic N) is 2. The zero-order chi connectivity index (χ0) is 13.1. The second-order valence-corrected chi connectivity index (χ2v) is 3.96. The van der Waals surface area contributed by atoms with Gasteiger partial charge in [0.25, 0.3) is 0 Å². The van der Waals surface area contributed by atoms with Gasteiger partial charge in [-0.25, -0.2) is 4.98 Å². The maximum Gasteiger partial charge on any atom is 0.225 e. The average molecular weight is 253 g/mol. The summed E-state index contributed by atoms with van der Waals surface area (Å²) in [7, 11) is 0. The first kappa shape index (κ1) is 14.7. The molecule has 1 aromatic heterocycles. The molecular formula is C13H23N3O2. The van der Waals surface area contributed by atoms with Crippen molar-refractivity contribution in [3.05, 3.63) is 12.3 Å². The van der Waals surface area contributed by atoms with Gasteiger partial charge < -0.3 is 14.8 Å². The lowest BCUT2D eigenvalue weighted by Gasteiger charge is -2.07. The summed E-state index contributed by atoms with van der Waals surface area (Å²) < 4.78 is 10.8. The minimum Gasteiger partial charge on any atom is -0.478 e. The lowest BCUT2D eigenvalue weighted by molar-refractivity contribution is 0.134. The Hall–Kier alpha value is -1.36. The van der Waals surface area contributed by atoms with Gasteiger partial charge in [0.15, 0.2) is 0 Å². The predicted octanol–water partition coefficient (Wildman–Crippen LogP) is 2.49. The van der Waals surface area contributed by atoms with Gasteiger partial charge in [-0.2, -0.15) is 4.98 Å². The Labute approximate surface area is 109 Å². The zero-order valence-corrected chi connectivity index (χ0v) is 11.3. The molecule has 0 radical (unpaired) electrons. The van der Waals surface area contributed by atoms with E-state index in [1.54, 1.807) is 12.3 Å². The van der Waals surface area contributed by atoms with Crippen LogP contribution in [0, 0.1) is 0 Å². The van der Waals surface area contributed by atoms with Crippen molar-refractivity contribution in [3.8, 4) is 5.88 Å². The van der Waals surface area contributed by atoms with Gasteiger partial charge in [-0.3, -0.25) is 0 Å². The molecule has 1 heterocycles. The Balaban J connectivity index is 2.20. The van der Waals surface area contributed by atoms with Crippen molar-refractivity contribution < 1.29 is 9.47 Å². The monoisotopic (exact) mass is 253 g/mol. The molecule has 0 saturated carbocycles. The molecule has 0 spiro atoms. The minimum absolute atomic E-state index is 0.610. The van der Waals surface area contributed by atoms with Crippen LogP contribution in [0.25, 0.3) is 0 Å². The summed E-state index contributed by atoms with van der Waals surface area (Å²) in [6.07, 6.45) is 4.69. The SMILES string of the molecule is CCCOCCCNc1nccc(OCCC)n1. The molecule has 0 aromatic carbocycles. The van der Waals surface area contributed by atoms with Gasteiger partial charge in [0, 0.05) is 32.0 Å². The van der Waals surface area contributed by atoms with Crippen LogP contribution in [0.15, 0.2) is 12.3 Å². The Morgan fingerprint density at radius 2 is 2.00 bits per heavy atom. The molecule has 0 atom stereocenters. The Morgan fingerprint density at radius 3 is 2.78 bits per heavy atom. The maximum atomic E-state index is 5.44. The van der Waals surface area contributed by atoms with E-state index in [1.165, 1.54) is 0 Å². The number of aromatic nitrogens is 2. The third-order valence-electron chi connectivity index (χ3n) is 2.18. The van der Waals surface area contributed by atoms with Crippen LogP contribution in [0.2, 0.25) is 0 Å². The molecule has 18 heavy (non-hydrogen) atoms. The fourth-order valence-electron chi connectivity index (χ4n) is 1.34. The number of anilines is 1. The molecule has 0 aliphatic heterocycles. The van der Waals surface area contributed by atoms with E-state index in [0.717, 1.165) is 39.0 Å². The highest BCUT2D eigenvalue weighted by Gasteiger charge is 1.99. The van der Waals surface area contributed by atoms with Gasteiger partial charge in [0.1, 0.15) is 0 Å². The van der Waals surface area contributed by atoms with Crippen molar-refractivity contribution in [1.29, 1.82) is 0 Å². The van der Waals surface area contributed by atoms with E-state index in [1.807, 2.05) is 0 Å². The smallest absolute Gasteiger partial charge is 0.225 e. The van der Waals surface area contributed by atoms with Crippen LogP contribution in [0.1, 0.15) is 33.1 Å². The van der Waals surface area contributed by atoms with E-state index >= 15 is 0 Å². The first-order valence-electron chi connectivity index (χ1n) is 6.64. The van der Waals surface area contributed by atoms with Crippen molar-refractivity contribution in [2.45, 2.75) is 33.1 Å². The van der Waals surface area contributed by atoms with Crippen molar-refractivity contribution >= 4 is 5.95 Å². The van der Waals surface area contributed by atoms with E-state index in [2.05, 4.69) is 29.1 Å². The first-order valence-corrected chi connectivity index (χ1v) is 6.64. The summed E-state index contributed by atoms with van der Waals surface area (Å²) >= 11 is 0. The standard InChI is InChI=1S/C13H23N3O2/c1-3-9-17-11-5-7-14-13-15-8-6-12(16-13)18-10-4-2/h6,8H,3-5,7,9-11H2,1-2H3,(H,14,15,16). The molecule has 102 valence electrons. The lowest BCUT2D eigenvalue weighted by atomic mass is 10.4.